The zero-order valence-corrected chi connectivity index (χ0v) is 18.4. The summed E-state index contributed by atoms with van der Waals surface area (Å²) in [7, 11) is 1.62. The van der Waals surface area contributed by atoms with E-state index in [-0.39, 0.29) is 30.4 Å². The first-order valence-electron chi connectivity index (χ1n) is 11.2. The summed E-state index contributed by atoms with van der Waals surface area (Å²) >= 11 is 0. The number of nitrogens with zero attached hydrogens (tertiary/aromatic N) is 3. The van der Waals surface area contributed by atoms with Gasteiger partial charge in [0.2, 0.25) is 12.3 Å². The van der Waals surface area contributed by atoms with E-state index in [0.29, 0.717) is 34.9 Å². The number of amides is 2. The van der Waals surface area contributed by atoms with Gasteiger partial charge in [-0.15, -0.1) is 10.2 Å². The van der Waals surface area contributed by atoms with Crippen LogP contribution in [0.4, 0.5) is 0 Å². The fourth-order valence-electron chi connectivity index (χ4n) is 4.63. The van der Waals surface area contributed by atoms with Crippen LogP contribution in [0.1, 0.15) is 63.8 Å². The van der Waals surface area contributed by atoms with Gasteiger partial charge in [0.1, 0.15) is 0 Å². The van der Waals surface area contributed by atoms with Crippen LogP contribution < -0.4 is 9.47 Å². The number of benzene rings is 2. The third-order valence-corrected chi connectivity index (χ3v) is 6.36. The van der Waals surface area contributed by atoms with E-state index in [2.05, 4.69) is 10.2 Å². The van der Waals surface area contributed by atoms with E-state index in [9.17, 15) is 9.59 Å². The Morgan fingerprint density at radius 1 is 1.06 bits per heavy atom. The summed E-state index contributed by atoms with van der Waals surface area (Å²) in [5, 5.41) is 7.78. The van der Waals surface area contributed by atoms with E-state index in [4.69, 9.17) is 13.9 Å². The number of carbonyl (C=O) groups is 2. The summed E-state index contributed by atoms with van der Waals surface area (Å²) in [5.41, 5.74) is 1.76. The Labute approximate surface area is 191 Å². The fourth-order valence-corrected chi connectivity index (χ4v) is 4.63. The molecule has 1 fully saturated rings. The number of imide groups is 1. The second-order valence-electron chi connectivity index (χ2n) is 8.43. The molecule has 2 aliphatic rings. The highest BCUT2D eigenvalue weighted by atomic mass is 16.5. The van der Waals surface area contributed by atoms with Crippen LogP contribution in [-0.4, -0.2) is 46.7 Å². The molecule has 5 rings (SSSR count). The molecule has 2 aromatic carbocycles. The van der Waals surface area contributed by atoms with Gasteiger partial charge in [0.25, 0.3) is 11.8 Å². The van der Waals surface area contributed by atoms with Crippen molar-refractivity contribution in [3.8, 4) is 11.5 Å². The van der Waals surface area contributed by atoms with E-state index in [1.165, 1.54) is 11.3 Å². The number of fused-ring (bicyclic) bond motifs is 1. The maximum absolute atomic E-state index is 13.0. The molecule has 0 N–H and O–H groups in total. The monoisotopic (exact) mass is 447 g/mol. The highest BCUT2D eigenvalue weighted by molar-refractivity contribution is 6.21. The molecule has 0 saturated heterocycles. The van der Waals surface area contributed by atoms with Gasteiger partial charge in [0.15, 0.2) is 11.5 Å². The topological polar surface area (TPSA) is 94.8 Å². The molecule has 8 nitrogen and oxygen atoms in total. The number of aromatic nitrogens is 2. The molecule has 1 aliphatic heterocycles. The second-order valence-corrected chi connectivity index (χ2v) is 8.43. The lowest BCUT2D eigenvalue weighted by atomic mass is 9.94. The van der Waals surface area contributed by atoms with E-state index in [1.807, 2.05) is 18.2 Å². The van der Waals surface area contributed by atoms with Crippen LogP contribution in [0.15, 0.2) is 53.3 Å². The van der Waals surface area contributed by atoms with Gasteiger partial charge in [-0.25, -0.2) is 0 Å². The molecule has 1 aliphatic carbocycles. The first-order valence-corrected chi connectivity index (χ1v) is 11.2. The largest absolute Gasteiger partial charge is 0.493 e. The summed E-state index contributed by atoms with van der Waals surface area (Å²) in [6.07, 6.45) is 6.18. The lowest BCUT2D eigenvalue weighted by molar-refractivity contribution is 0.0642. The SMILES string of the molecule is COc1ccc(C(Cc2nnco2)CN2C(=O)c3ccccc3C2=O)cc1OC1CCCC1. The van der Waals surface area contributed by atoms with Gasteiger partial charge in [-0.05, 0) is 55.5 Å². The first-order chi connectivity index (χ1) is 16.1. The van der Waals surface area contributed by atoms with Crippen molar-refractivity contribution in [2.24, 2.45) is 0 Å². The molecule has 0 spiro atoms. The molecule has 8 heteroatoms. The van der Waals surface area contributed by atoms with Gasteiger partial charge in [0.05, 0.1) is 24.3 Å². The predicted molar refractivity (Wildman–Crippen MR) is 118 cm³/mol. The van der Waals surface area contributed by atoms with Gasteiger partial charge in [-0.1, -0.05) is 18.2 Å². The lowest BCUT2D eigenvalue weighted by Crippen LogP contribution is -2.34. The highest BCUT2D eigenvalue weighted by Gasteiger charge is 2.37. The van der Waals surface area contributed by atoms with Crippen LogP contribution in [0.2, 0.25) is 0 Å². The Morgan fingerprint density at radius 2 is 1.79 bits per heavy atom. The van der Waals surface area contributed by atoms with Crippen LogP contribution in [0.5, 0.6) is 11.5 Å². The average Bonchev–Trinajstić information content (AvgIpc) is 3.59. The molecular formula is C25H25N3O5. The third-order valence-electron chi connectivity index (χ3n) is 6.36. The van der Waals surface area contributed by atoms with Crippen molar-refractivity contribution < 1.29 is 23.5 Å². The minimum atomic E-state index is -0.290. The minimum absolute atomic E-state index is 0.166. The van der Waals surface area contributed by atoms with Crippen LogP contribution in [0.3, 0.4) is 0 Å². The molecule has 0 radical (unpaired) electrons. The normalized spacial score (nSPS) is 16.8. The zero-order chi connectivity index (χ0) is 22.8. The van der Waals surface area contributed by atoms with Crippen LogP contribution >= 0.6 is 0 Å². The van der Waals surface area contributed by atoms with E-state index >= 15 is 0 Å². The summed E-state index contributed by atoms with van der Waals surface area (Å²) in [6, 6.07) is 12.6. The van der Waals surface area contributed by atoms with Gasteiger partial charge in [-0.2, -0.15) is 0 Å². The van der Waals surface area contributed by atoms with Crippen molar-refractivity contribution in [2.75, 3.05) is 13.7 Å². The van der Waals surface area contributed by atoms with Crippen LogP contribution in [0, 0.1) is 0 Å². The third kappa shape index (κ3) is 4.20. The maximum Gasteiger partial charge on any atom is 0.261 e. The highest BCUT2D eigenvalue weighted by Crippen LogP contribution is 2.36. The molecule has 1 unspecified atom stereocenters. The number of carbonyl (C=O) groups excluding carboxylic acids is 2. The van der Waals surface area contributed by atoms with Crippen molar-refractivity contribution >= 4 is 11.8 Å². The Morgan fingerprint density at radius 3 is 2.42 bits per heavy atom. The Balaban J connectivity index is 1.46. The van der Waals surface area contributed by atoms with E-state index in [0.717, 1.165) is 31.2 Å². The van der Waals surface area contributed by atoms with Gasteiger partial charge < -0.3 is 13.9 Å². The second kappa shape index (κ2) is 9.05. The molecule has 1 saturated carbocycles. The van der Waals surface area contributed by atoms with Crippen molar-refractivity contribution in [1.82, 2.24) is 15.1 Å². The fraction of sp³-hybridized carbons (Fsp3) is 0.360. The molecule has 2 heterocycles. The Bertz CT molecular complexity index is 1120. The number of methoxy groups -OCH3 is 1. The van der Waals surface area contributed by atoms with Crippen LogP contribution in [0.25, 0.3) is 0 Å². The molecule has 1 atom stereocenters. The van der Waals surface area contributed by atoms with E-state index < -0.39 is 0 Å². The summed E-state index contributed by atoms with van der Waals surface area (Å²) < 4.78 is 17.2. The smallest absolute Gasteiger partial charge is 0.261 e. The van der Waals surface area contributed by atoms with Gasteiger partial charge in [-0.3, -0.25) is 14.5 Å². The number of hydrogen-bond donors (Lipinski definition) is 0. The standard InChI is InChI=1S/C25H25N3O5/c1-31-21-11-10-16(12-22(21)33-18-6-2-3-7-18)17(13-23-27-26-15-32-23)14-28-24(29)19-8-4-5-9-20(19)25(28)30/h4-5,8-12,15,17-18H,2-3,6-7,13-14H2,1H3. The summed E-state index contributed by atoms with van der Waals surface area (Å²) in [5.74, 6) is 0.919. The number of rotatable bonds is 8. The predicted octanol–water partition coefficient (Wildman–Crippen LogP) is 4.02. The quantitative estimate of drug-likeness (QED) is 0.481. The van der Waals surface area contributed by atoms with Crippen LogP contribution in [-0.2, 0) is 6.42 Å². The van der Waals surface area contributed by atoms with E-state index in [1.54, 1.807) is 31.4 Å². The summed E-state index contributed by atoms with van der Waals surface area (Å²) in [6.45, 7) is 0.184. The van der Waals surface area contributed by atoms with Crippen molar-refractivity contribution in [3.05, 3.63) is 71.4 Å². The minimum Gasteiger partial charge on any atom is -0.493 e. The summed E-state index contributed by atoms with van der Waals surface area (Å²) in [4.78, 5) is 27.3. The number of hydrogen-bond acceptors (Lipinski definition) is 7. The molecular weight excluding hydrogens is 422 g/mol. The van der Waals surface area contributed by atoms with Crippen molar-refractivity contribution in [3.63, 3.8) is 0 Å². The number of ether oxygens (including phenoxy) is 2. The molecule has 2 amide bonds. The molecule has 170 valence electrons. The van der Waals surface area contributed by atoms with Crippen molar-refractivity contribution in [1.29, 1.82) is 0 Å². The van der Waals surface area contributed by atoms with Crippen molar-refractivity contribution in [2.45, 2.75) is 44.1 Å². The van der Waals surface area contributed by atoms with Gasteiger partial charge in [0, 0.05) is 18.9 Å². The molecule has 1 aromatic heterocycles. The maximum atomic E-state index is 13.0. The zero-order valence-electron chi connectivity index (χ0n) is 18.4. The lowest BCUT2D eigenvalue weighted by Gasteiger charge is -2.24. The first kappa shape index (κ1) is 21.2. The average molecular weight is 447 g/mol. The molecule has 33 heavy (non-hydrogen) atoms. The van der Waals surface area contributed by atoms with Gasteiger partial charge >= 0.3 is 0 Å². The molecule has 3 aromatic rings. The molecule has 0 bridgehead atoms. The Hall–Kier alpha value is -3.68. The Kier molecular flexibility index (Phi) is 5.81.